The summed E-state index contributed by atoms with van der Waals surface area (Å²) in [6.45, 7) is 3.06. The van der Waals surface area contributed by atoms with E-state index in [-0.39, 0.29) is 16.8 Å². The van der Waals surface area contributed by atoms with Gasteiger partial charge in [0.05, 0.1) is 9.83 Å². The van der Waals surface area contributed by atoms with Crippen molar-refractivity contribution in [1.82, 2.24) is 9.47 Å². The monoisotopic (exact) mass is 489 g/mol. The molecule has 3 aromatic rings. The number of nitro benzene ring substituents is 1. The van der Waals surface area contributed by atoms with E-state index in [1.807, 2.05) is 37.3 Å². The van der Waals surface area contributed by atoms with Gasteiger partial charge in [-0.1, -0.05) is 49.6 Å². The van der Waals surface area contributed by atoms with Gasteiger partial charge in [0, 0.05) is 47.4 Å². The minimum absolute atomic E-state index is 0.0625. The summed E-state index contributed by atoms with van der Waals surface area (Å²) in [5, 5.41) is 11.8. The first-order valence-electron chi connectivity index (χ1n) is 12.0. The van der Waals surface area contributed by atoms with Gasteiger partial charge in [-0.2, -0.15) is 0 Å². The molecule has 7 nitrogen and oxygen atoms in total. The first-order chi connectivity index (χ1) is 16.9. The molecule has 2 aliphatic rings. The summed E-state index contributed by atoms with van der Waals surface area (Å²) in [6, 6.07) is 14.5. The predicted octanol–water partition coefficient (Wildman–Crippen LogP) is 6.52. The Balaban J connectivity index is 1.46. The summed E-state index contributed by atoms with van der Waals surface area (Å²) in [4.78, 5) is 38.4. The highest BCUT2D eigenvalue weighted by atomic mass is 32.2. The fourth-order valence-electron chi connectivity index (χ4n) is 5.17. The molecule has 0 N–H and O–H groups in total. The lowest BCUT2D eigenvalue weighted by Crippen LogP contribution is -2.34. The highest BCUT2D eigenvalue weighted by molar-refractivity contribution is 8.18. The van der Waals surface area contributed by atoms with Crippen LogP contribution >= 0.6 is 11.8 Å². The molecule has 1 saturated carbocycles. The summed E-state index contributed by atoms with van der Waals surface area (Å²) in [5.41, 5.74) is 3.91. The van der Waals surface area contributed by atoms with Gasteiger partial charge in [0.25, 0.3) is 16.8 Å². The molecule has 2 heterocycles. The number of thioether (sulfide) groups is 1. The Bertz CT molecular complexity index is 1340. The maximum absolute atomic E-state index is 13.2. The highest BCUT2D eigenvalue weighted by Crippen LogP contribution is 2.37. The SMILES string of the molecule is Cc1c(/C=C2/SC(=O)N(CC3CCCCC3)C2=O)c2ccccc2n1Cc1ccc([N+](=O)[O-])cc1. The fourth-order valence-corrected chi connectivity index (χ4v) is 6.00. The van der Waals surface area contributed by atoms with Crippen molar-refractivity contribution in [3.8, 4) is 0 Å². The molecule has 0 atom stereocenters. The molecular formula is C27H27N3O4S. The van der Waals surface area contributed by atoms with Crippen molar-refractivity contribution in [1.29, 1.82) is 0 Å². The zero-order chi connectivity index (χ0) is 24.5. The molecule has 35 heavy (non-hydrogen) atoms. The van der Waals surface area contributed by atoms with Crippen LogP contribution in [0.15, 0.2) is 53.4 Å². The number of nitro groups is 1. The smallest absolute Gasteiger partial charge is 0.293 e. The van der Waals surface area contributed by atoms with Gasteiger partial charge in [0.2, 0.25) is 0 Å². The first kappa shape index (κ1) is 23.4. The number of para-hydroxylation sites is 1. The molecule has 1 aromatic heterocycles. The number of aromatic nitrogens is 1. The number of amides is 2. The fraction of sp³-hybridized carbons (Fsp3) is 0.333. The Hall–Kier alpha value is -3.39. The van der Waals surface area contributed by atoms with E-state index >= 15 is 0 Å². The second-order valence-corrected chi connectivity index (χ2v) is 10.3. The zero-order valence-corrected chi connectivity index (χ0v) is 20.4. The van der Waals surface area contributed by atoms with Crippen LogP contribution in [0.25, 0.3) is 17.0 Å². The average Bonchev–Trinajstić information content (AvgIpc) is 3.28. The number of nitrogens with zero attached hydrogens (tertiary/aromatic N) is 3. The quantitative estimate of drug-likeness (QED) is 0.223. The van der Waals surface area contributed by atoms with E-state index in [0.717, 1.165) is 52.3 Å². The van der Waals surface area contributed by atoms with Gasteiger partial charge >= 0.3 is 0 Å². The highest BCUT2D eigenvalue weighted by Gasteiger charge is 2.36. The van der Waals surface area contributed by atoms with Crippen molar-refractivity contribution in [3.63, 3.8) is 0 Å². The van der Waals surface area contributed by atoms with Crippen LogP contribution in [0, 0.1) is 23.0 Å². The molecule has 0 unspecified atom stereocenters. The second kappa shape index (κ2) is 9.70. The van der Waals surface area contributed by atoms with Crippen LogP contribution in [0.5, 0.6) is 0 Å². The van der Waals surface area contributed by atoms with Crippen molar-refractivity contribution >= 4 is 45.6 Å². The van der Waals surface area contributed by atoms with E-state index in [9.17, 15) is 19.7 Å². The Kier molecular flexibility index (Phi) is 6.47. The maximum atomic E-state index is 13.2. The lowest BCUT2D eigenvalue weighted by atomic mass is 9.89. The van der Waals surface area contributed by atoms with E-state index in [2.05, 4.69) is 4.57 Å². The molecule has 5 rings (SSSR count). The number of fused-ring (bicyclic) bond motifs is 1. The first-order valence-corrected chi connectivity index (χ1v) is 12.8. The molecule has 1 saturated heterocycles. The van der Waals surface area contributed by atoms with E-state index in [4.69, 9.17) is 0 Å². The minimum atomic E-state index is -0.403. The summed E-state index contributed by atoms with van der Waals surface area (Å²) in [6.07, 6.45) is 7.59. The average molecular weight is 490 g/mol. The normalized spacial score (nSPS) is 18.2. The van der Waals surface area contributed by atoms with E-state index in [1.54, 1.807) is 12.1 Å². The number of non-ortho nitro benzene ring substituents is 1. The predicted molar refractivity (Wildman–Crippen MR) is 138 cm³/mol. The van der Waals surface area contributed by atoms with Gasteiger partial charge in [-0.05, 0) is 55.2 Å². The lowest BCUT2D eigenvalue weighted by molar-refractivity contribution is -0.384. The molecule has 1 aliphatic carbocycles. The Morgan fingerprint density at radius 3 is 2.49 bits per heavy atom. The van der Waals surface area contributed by atoms with Gasteiger partial charge in [0.1, 0.15) is 0 Å². The summed E-state index contributed by atoms with van der Waals surface area (Å²) in [7, 11) is 0. The third-order valence-electron chi connectivity index (χ3n) is 7.08. The van der Waals surface area contributed by atoms with Crippen LogP contribution in [0.4, 0.5) is 10.5 Å². The van der Waals surface area contributed by atoms with E-state index in [1.165, 1.54) is 36.3 Å². The van der Waals surface area contributed by atoms with Crippen LogP contribution in [0.1, 0.15) is 48.9 Å². The molecular weight excluding hydrogens is 462 g/mol. The van der Waals surface area contributed by atoms with Crippen molar-refractivity contribution < 1.29 is 14.5 Å². The summed E-state index contributed by atoms with van der Waals surface area (Å²) < 4.78 is 2.15. The lowest BCUT2D eigenvalue weighted by Gasteiger charge is -2.25. The Labute approximate surface area is 207 Å². The standard InChI is InChI=1S/C27H27N3O4S/c1-18-23(15-25-26(31)29(27(32)35-25)17-19-7-3-2-4-8-19)22-9-5-6-10-24(22)28(18)16-20-11-13-21(14-12-20)30(33)34/h5-6,9-15,19H,2-4,7-8,16-17H2,1H3/b25-15+. The van der Waals surface area contributed by atoms with Crippen LogP contribution in [-0.2, 0) is 11.3 Å². The summed E-state index contributed by atoms with van der Waals surface area (Å²) >= 11 is 1.03. The molecule has 8 heteroatoms. The second-order valence-electron chi connectivity index (χ2n) is 9.32. The molecule has 0 radical (unpaired) electrons. The minimum Gasteiger partial charge on any atom is -0.340 e. The van der Waals surface area contributed by atoms with Gasteiger partial charge in [0.15, 0.2) is 0 Å². The number of hydrogen-bond acceptors (Lipinski definition) is 5. The van der Waals surface area contributed by atoms with E-state index < -0.39 is 4.92 Å². The number of carbonyl (C=O) groups is 2. The largest absolute Gasteiger partial charge is 0.340 e. The third-order valence-corrected chi connectivity index (χ3v) is 7.99. The van der Waals surface area contributed by atoms with Crippen molar-refractivity contribution in [3.05, 3.63) is 80.4 Å². The number of hydrogen-bond donors (Lipinski definition) is 0. The molecule has 2 aromatic carbocycles. The van der Waals surface area contributed by atoms with Crippen molar-refractivity contribution in [2.75, 3.05) is 6.54 Å². The number of benzene rings is 2. The van der Waals surface area contributed by atoms with Gasteiger partial charge in [-0.3, -0.25) is 24.6 Å². The number of rotatable bonds is 6. The van der Waals surface area contributed by atoms with Gasteiger partial charge < -0.3 is 4.57 Å². The third kappa shape index (κ3) is 4.62. The van der Waals surface area contributed by atoms with Crippen LogP contribution in [-0.4, -0.2) is 32.1 Å². The van der Waals surface area contributed by atoms with Gasteiger partial charge in [-0.15, -0.1) is 0 Å². The molecule has 0 bridgehead atoms. The zero-order valence-electron chi connectivity index (χ0n) is 19.6. The Morgan fingerprint density at radius 2 is 1.77 bits per heavy atom. The number of imide groups is 1. The van der Waals surface area contributed by atoms with E-state index in [0.29, 0.717) is 23.9 Å². The summed E-state index contributed by atoms with van der Waals surface area (Å²) in [5.74, 6) is 0.208. The molecule has 1 aliphatic heterocycles. The van der Waals surface area contributed by atoms with Crippen LogP contribution in [0.2, 0.25) is 0 Å². The Morgan fingerprint density at radius 1 is 1.06 bits per heavy atom. The van der Waals surface area contributed by atoms with Crippen molar-refractivity contribution in [2.45, 2.75) is 45.6 Å². The molecule has 180 valence electrons. The molecule has 2 amide bonds. The molecule has 2 fully saturated rings. The topological polar surface area (TPSA) is 85.5 Å². The van der Waals surface area contributed by atoms with Crippen LogP contribution < -0.4 is 0 Å². The van der Waals surface area contributed by atoms with Crippen LogP contribution in [0.3, 0.4) is 0 Å². The maximum Gasteiger partial charge on any atom is 0.293 e. The van der Waals surface area contributed by atoms with Gasteiger partial charge in [-0.25, -0.2) is 0 Å². The number of carbonyl (C=O) groups excluding carboxylic acids is 2. The van der Waals surface area contributed by atoms with Crippen molar-refractivity contribution in [2.24, 2.45) is 5.92 Å². The molecule has 0 spiro atoms.